The first kappa shape index (κ1) is 24.1. The summed E-state index contributed by atoms with van der Waals surface area (Å²) in [6, 6.07) is 12.9. The molecule has 0 spiro atoms. The summed E-state index contributed by atoms with van der Waals surface area (Å²) in [5.41, 5.74) is 2.08. The SMILES string of the molecule is CCOC(Cc1ccc(OCCn2c(-c3ccc(F)cc3CC)nccc2=O)cc1)C(=O)O. The van der Waals surface area contributed by atoms with Crippen LogP contribution >= 0.6 is 0 Å². The zero-order chi connectivity index (χ0) is 23.8. The van der Waals surface area contributed by atoms with E-state index in [1.165, 1.54) is 29.0 Å². The number of aryl methyl sites for hydroxylation is 1. The molecule has 174 valence electrons. The Hall–Kier alpha value is -3.52. The Labute approximate surface area is 191 Å². The third kappa shape index (κ3) is 6.26. The van der Waals surface area contributed by atoms with Crippen molar-refractivity contribution in [2.45, 2.75) is 39.3 Å². The average Bonchev–Trinajstić information content (AvgIpc) is 2.80. The number of carboxylic acids is 1. The summed E-state index contributed by atoms with van der Waals surface area (Å²) >= 11 is 0. The molecule has 0 fully saturated rings. The molecule has 0 aliphatic carbocycles. The van der Waals surface area contributed by atoms with Crippen molar-refractivity contribution in [3.8, 4) is 17.1 Å². The molecule has 0 aliphatic rings. The Balaban J connectivity index is 1.69. The quantitative estimate of drug-likeness (QED) is 0.475. The Kier molecular flexibility index (Phi) is 8.32. The van der Waals surface area contributed by atoms with E-state index in [1.807, 2.05) is 6.92 Å². The second kappa shape index (κ2) is 11.4. The molecule has 1 unspecified atom stereocenters. The summed E-state index contributed by atoms with van der Waals surface area (Å²) in [7, 11) is 0. The first-order chi connectivity index (χ1) is 15.9. The van der Waals surface area contributed by atoms with E-state index in [4.69, 9.17) is 9.47 Å². The topological polar surface area (TPSA) is 90.7 Å². The number of ether oxygens (including phenoxy) is 2. The number of rotatable bonds is 11. The van der Waals surface area contributed by atoms with Crippen molar-refractivity contribution in [3.05, 3.63) is 82.0 Å². The molecule has 1 aromatic heterocycles. The number of carboxylic acid groups (broad SMARTS) is 1. The third-order valence-corrected chi connectivity index (χ3v) is 5.20. The zero-order valence-corrected chi connectivity index (χ0v) is 18.7. The lowest BCUT2D eigenvalue weighted by Gasteiger charge is -2.15. The molecule has 0 radical (unpaired) electrons. The van der Waals surface area contributed by atoms with Crippen molar-refractivity contribution in [2.75, 3.05) is 13.2 Å². The molecule has 7 nitrogen and oxygen atoms in total. The van der Waals surface area contributed by atoms with Crippen molar-refractivity contribution in [1.29, 1.82) is 0 Å². The molecule has 3 aromatic rings. The largest absolute Gasteiger partial charge is 0.492 e. The Morgan fingerprint density at radius 3 is 2.58 bits per heavy atom. The van der Waals surface area contributed by atoms with Crippen LogP contribution in [0, 0.1) is 5.82 Å². The van der Waals surface area contributed by atoms with Gasteiger partial charge in [-0.1, -0.05) is 19.1 Å². The molecule has 3 rings (SSSR count). The van der Waals surface area contributed by atoms with Crippen LogP contribution < -0.4 is 10.3 Å². The molecule has 0 aliphatic heterocycles. The van der Waals surface area contributed by atoms with Crippen LogP contribution in [0.2, 0.25) is 0 Å². The minimum Gasteiger partial charge on any atom is -0.492 e. The Bertz CT molecular complexity index is 1140. The summed E-state index contributed by atoms with van der Waals surface area (Å²) in [6.07, 6.45) is 1.42. The van der Waals surface area contributed by atoms with Crippen LogP contribution in [0.3, 0.4) is 0 Å². The highest BCUT2D eigenvalue weighted by Crippen LogP contribution is 2.23. The number of nitrogens with zero attached hydrogens (tertiary/aromatic N) is 2. The number of carbonyl (C=O) groups is 1. The highest BCUT2D eigenvalue weighted by molar-refractivity contribution is 5.72. The van der Waals surface area contributed by atoms with Gasteiger partial charge < -0.3 is 14.6 Å². The summed E-state index contributed by atoms with van der Waals surface area (Å²) in [5.74, 6) is -0.268. The van der Waals surface area contributed by atoms with Crippen LogP contribution in [-0.2, 0) is 28.9 Å². The molecular formula is C25H27FN2O5. The predicted octanol–water partition coefficient (Wildman–Crippen LogP) is 3.72. The lowest BCUT2D eigenvalue weighted by atomic mass is 10.0. The zero-order valence-electron chi connectivity index (χ0n) is 18.7. The maximum atomic E-state index is 13.7. The molecule has 33 heavy (non-hydrogen) atoms. The molecular weight excluding hydrogens is 427 g/mol. The van der Waals surface area contributed by atoms with Gasteiger partial charge in [0.2, 0.25) is 0 Å². The van der Waals surface area contributed by atoms with E-state index >= 15 is 0 Å². The van der Waals surface area contributed by atoms with E-state index in [0.29, 0.717) is 30.2 Å². The monoisotopic (exact) mass is 454 g/mol. The number of benzene rings is 2. The molecule has 2 aromatic carbocycles. The smallest absolute Gasteiger partial charge is 0.333 e. The van der Waals surface area contributed by atoms with Crippen LogP contribution in [0.25, 0.3) is 11.4 Å². The van der Waals surface area contributed by atoms with Crippen molar-refractivity contribution in [2.24, 2.45) is 0 Å². The molecule has 1 atom stereocenters. The highest BCUT2D eigenvalue weighted by atomic mass is 19.1. The van der Waals surface area contributed by atoms with Crippen molar-refractivity contribution >= 4 is 5.97 Å². The van der Waals surface area contributed by atoms with Crippen LogP contribution in [0.5, 0.6) is 5.75 Å². The summed E-state index contributed by atoms with van der Waals surface area (Å²) < 4.78 is 26.2. The minimum absolute atomic E-state index is 0.220. The fourth-order valence-corrected chi connectivity index (χ4v) is 3.55. The molecule has 1 N–H and O–H groups in total. The minimum atomic E-state index is -0.998. The van der Waals surface area contributed by atoms with E-state index in [-0.39, 0.29) is 30.9 Å². The first-order valence-electron chi connectivity index (χ1n) is 10.8. The molecule has 8 heteroatoms. The summed E-state index contributed by atoms with van der Waals surface area (Å²) in [6.45, 7) is 4.48. The molecule has 1 heterocycles. The second-order valence-corrected chi connectivity index (χ2v) is 7.39. The van der Waals surface area contributed by atoms with Crippen molar-refractivity contribution < 1.29 is 23.8 Å². The van der Waals surface area contributed by atoms with Crippen molar-refractivity contribution in [3.63, 3.8) is 0 Å². The molecule has 0 saturated heterocycles. The van der Waals surface area contributed by atoms with Gasteiger partial charge in [0, 0.05) is 30.9 Å². The number of halogens is 1. The fourth-order valence-electron chi connectivity index (χ4n) is 3.55. The summed E-state index contributed by atoms with van der Waals surface area (Å²) in [5, 5.41) is 9.22. The molecule has 0 bridgehead atoms. The molecule has 0 amide bonds. The Morgan fingerprint density at radius 1 is 1.15 bits per heavy atom. The van der Waals surface area contributed by atoms with Crippen LogP contribution in [0.4, 0.5) is 4.39 Å². The van der Waals surface area contributed by atoms with Crippen LogP contribution in [0.15, 0.2) is 59.5 Å². The number of aromatic nitrogens is 2. The van der Waals surface area contributed by atoms with Gasteiger partial charge in [-0.2, -0.15) is 0 Å². The van der Waals surface area contributed by atoms with Crippen LogP contribution in [-0.4, -0.2) is 39.9 Å². The third-order valence-electron chi connectivity index (χ3n) is 5.20. The van der Waals surface area contributed by atoms with E-state index in [2.05, 4.69) is 4.98 Å². The maximum Gasteiger partial charge on any atom is 0.333 e. The maximum absolute atomic E-state index is 13.7. The number of hydrogen-bond donors (Lipinski definition) is 1. The first-order valence-corrected chi connectivity index (χ1v) is 10.8. The standard InChI is InChI=1S/C25H27FN2O5/c1-3-18-16-19(26)7-10-21(18)24-27-12-11-23(29)28(24)13-14-33-20-8-5-17(6-9-20)15-22(25(30)31)32-4-2/h5-12,16,22H,3-4,13-15H2,1-2H3,(H,30,31). The second-order valence-electron chi connectivity index (χ2n) is 7.39. The van der Waals surface area contributed by atoms with Gasteiger partial charge in [-0.05, 0) is 54.8 Å². The van der Waals surface area contributed by atoms with Gasteiger partial charge in [-0.15, -0.1) is 0 Å². The fraction of sp³-hybridized carbons (Fsp3) is 0.320. The van der Waals surface area contributed by atoms with Crippen molar-refractivity contribution in [1.82, 2.24) is 9.55 Å². The van der Waals surface area contributed by atoms with E-state index in [1.54, 1.807) is 37.3 Å². The van der Waals surface area contributed by atoms with Gasteiger partial charge in [0.1, 0.15) is 24.0 Å². The van der Waals surface area contributed by atoms with Gasteiger partial charge in [0.05, 0.1) is 6.54 Å². The lowest BCUT2D eigenvalue weighted by molar-refractivity contribution is -0.149. The van der Waals surface area contributed by atoms with E-state index < -0.39 is 12.1 Å². The van der Waals surface area contributed by atoms with Gasteiger partial charge in [-0.3, -0.25) is 9.36 Å². The van der Waals surface area contributed by atoms with Gasteiger partial charge in [0.15, 0.2) is 6.10 Å². The van der Waals surface area contributed by atoms with Gasteiger partial charge in [0.25, 0.3) is 5.56 Å². The normalized spacial score (nSPS) is 11.8. The van der Waals surface area contributed by atoms with E-state index in [9.17, 15) is 19.1 Å². The Morgan fingerprint density at radius 2 is 1.91 bits per heavy atom. The number of aliphatic carboxylic acids is 1. The lowest BCUT2D eigenvalue weighted by Crippen LogP contribution is -2.26. The van der Waals surface area contributed by atoms with Crippen LogP contribution in [0.1, 0.15) is 25.0 Å². The molecule has 0 saturated carbocycles. The average molecular weight is 454 g/mol. The van der Waals surface area contributed by atoms with Gasteiger partial charge in [-0.25, -0.2) is 14.2 Å². The number of hydrogen-bond acceptors (Lipinski definition) is 5. The predicted molar refractivity (Wildman–Crippen MR) is 122 cm³/mol. The van der Waals surface area contributed by atoms with E-state index in [0.717, 1.165) is 11.1 Å². The highest BCUT2D eigenvalue weighted by Gasteiger charge is 2.18. The summed E-state index contributed by atoms with van der Waals surface area (Å²) in [4.78, 5) is 28.1. The van der Waals surface area contributed by atoms with Gasteiger partial charge >= 0.3 is 5.97 Å².